The number of pyridine rings is 1. The SMILES string of the molecule is c1ccc(-n2c3ccccc3c3cc(-c4nc5ncccc5[nH]4)ccc32)cc1. The lowest BCUT2D eigenvalue weighted by Gasteiger charge is -2.07. The second-order valence-electron chi connectivity index (χ2n) is 6.88. The summed E-state index contributed by atoms with van der Waals surface area (Å²) in [4.78, 5) is 12.4. The van der Waals surface area contributed by atoms with Crippen LogP contribution in [0.25, 0.3) is 50.0 Å². The summed E-state index contributed by atoms with van der Waals surface area (Å²) in [7, 11) is 0. The number of imidazole rings is 1. The van der Waals surface area contributed by atoms with Crippen molar-refractivity contribution in [2.24, 2.45) is 0 Å². The third kappa shape index (κ3) is 2.18. The molecule has 28 heavy (non-hydrogen) atoms. The van der Waals surface area contributed by atoms with Gasteiger partial charge < -0.3 is 9.55 Å². The first kappa shape index (κ1) is 15.2. The minimum atomic E-state index is 0.740. The molecular formula is C24H16N4. The number of benzene rings is 3. The van der Waals surface area contributed by atoms with Crippen molar-refractivity contribution in [2.45, 2.75) is 0 Å². The van der Waals surface area contributed by atoms with Crippen LogP contribution in [0.15, 0.2) is 91.1 Å². The van der Waals surface area contributed by atoms with Gasteiger partial charge in [0.2, 0.25) is 0 Å². The summed E-state index contributed by atoms with van der Waals surface area (Å²) in [6.07, 6.45) is 1.77. The Bertz CT molecular complexity index is 1430. The van der Waals surface area contributed by atoms with E-state index in [1.54, 1.807) is 6.20 Å². The van der Waals surface area contributed by atoms with E-state index in [2.05, 4.69) is 86.2 Å². The Hall–Kier alpha value is -3.92. The molecule has 0 spiro atoms. The standard InChI is InChI=1S/C24H16N4/c1-2-7-17(8-3-1)28-21-11-5-4-9-18(21)19-15-16(12-13-22(19)28)23-26-20-10-6-14-25-24(20)27-23/h1-15H,(H,25,26,27). The molecule has 0 saturated heterocycles. The second-order valence-corrected chi connectivity index (χ2v) is 6.88. The molecular weight excluding hydrogens is 344 g/mol. The minimum Gasteiger partial charge on any atom is -0.337 e. The van der Waals surface area contributed by atoms with E-state index >= 15 is 0 Å². The molecule has 0 unspecified atom stereocenters. The van der Waals surface area contributed by atoms with Gasteiger partial charge in [-0.1, -0.05) is 36.4 Å². The van der Waals surface area contributed by atoms with Crippen LogP contribution >= 0.6 is 0 Å². The van der Waals surface area contributed by atoms with Crippen molar-refractivity contribution in [3.63, 3.8) is 0 Å². The lowest BCUT2D eigenvalue weighted by atomic mass is 10.1. The van der Waals surface area contributed by atoms with Crippen LogP contribution in [0.4, 0.5) is 0 Å². The number of hydrogen-bond acceptors (Lipinski definition) is 2. The van der Waals surface area contributed by atoms with Gasteiger partial charge in [-0.05, 0) is 48.5 Å². The van der Waals surface area contributed by atoms with Crippen molar-refractivity contribution >= 4 is 33.0 Å². The van der Waals surface area contributed by atoms with Gasteiger partial charge in [0.1, 0.15) is 5.82 Å². The normalized spacial score (nSPS) is 11.6. The third-order valence-electron chi connectivity index (χ3n) is 5.22. The summed E-state index contributed by atoms with van der Waals surface area (Å²) in [5, 5.41) is 2.45. The van der Waals surface area contributed by atoms with Crippen LogP contribution in [0.2, 0.25) is 0 Å². The number of aromatic amines is 1. The van der Waals surface area contributed by atoms with Gasteiger partial charge in [-0.25, -0.2) is 9.97 Å². The molecule has 132 valence electrons. The molecule has 6 aromatic rings. The first-order chi connectivity index (χ1) is 13.9. The number of nitrogens with one attached hydrogen (secondary N) is 1. The fourth-order valence-corrected chi connectivity index (χ4v) is 3.96. The molecule has 1 N–H and O–H groups in total. The van der Waals surface area contributed by atoms with Crippen LogP contribution in [0.1, 0.15) is 0 Å². The highest BCUT2D eigenvalue weighted by molar-refractivity contribution is 6.10. The highest BCUT2D eigenvalue weighted by atomic mass is 15.0. The topological polar surface area (TPSA) is 46.5 Å². The van der Waals surface area contributed by atoms with E-state index in [9.17, 15) is 0 Å². The Kier molecular flexibility index (Phi) is 3.14. The Morgan fingerprint density at radius 1 is 0.714 bits per heavy atom. The van der Waals surface area contributed by atoms with Gasteiger partial charge in [0, 0.05) is 28.2 Å². The second kappa shape index (κ2) is 5.79. The predicted molar refractivity (Wildman–Crippen MR) is 114 cm³/mol. The summed E-state index contributed by atoms with van der Waals surface area (Å²) in [6.45, 7) is 0. The van der Waals surface area contributed by atoms with E-state index in [0.29, 0.717) is 0 Å². The van der Waals surface area contributed by atoms with Crippen LogP contribution < -0.4 is 0 Å². The zero-order valence-electron chi connectivity index (χ0n) is 15.0. The Morgan fingerprint density at radius 2 is 1.54 bits per heavy atom. The predicted octanol–water partition coefficient (Wildman–Crippen LogP) is 5.72. The summed E-state index contributed by atoms with van der Waals surface area (Å²) < 4.78 is 2.31. The average Bonchev–Trinajstić information content (AvgIpc) is 3.33. The first-order valence-electron chi connectivity index (χ1n) is 9.28. The quantitative estimate of drug-likeness (QED) is 0.429. The Labute approximate surface area is 161 Å². The molecule has 0 fully saturated rings. The largest absolute Gasteiger partial charge is 0.337 e. The molecule has 0 bridgehead atoms. The maximum Gasteiger partial charge on any atom is 0.178 e. The highest BCUT2D eigenvalue weighted by Crippen LogP contribution is 2.34. The van der Waals surface area contributed by atoms with Crippen molar-refractivity contribution in [3.8, 4) is 17.1 Å². The lowest BCUT2D eigenvalue weighted by molar-refractivity contribution is 1.18. The fourth-order valence-electron chi connectivity index (χ4n) is 3.96. The molecule has 3 aromatic carbocycles. The van der Waals surface area contributed by atoms with Crippen molar-refractivity contribution < 1.29 is 0 Å². The van der Waals surface area contributed by atoms with Crippen molar-refractivity contribution in [3.05, 3.63) is 91.1 Å². The van der Waals surface area contributed by atoms with Gasteiger partial charge >= 0.3 is 0 Å². The van der Waals surface area contributed by atoms with Gasteiger partial charge in [0.15, 0.2) is 5.65 Å². The zero-order chi connectivity index (χ0) is 18.5. The molecule has 0 atom stereocenters. The number of nitrogens with zero attached hydrogens (tertiary/aromatic N) is 3. The molecule has 0 radical (unpaired) electrons. The minimum absolute atomic E-state index is 0.740. The molecule has 0 amide bonds. The third-order valence-corrected chi connectivity index (χ3v) is 5.22. The summed E-state index contributed by atoms with van der Waals surface area (Å²) in [5.74, 6) is 0.840. The van der Waals surface area contributed by atoms with Gasteiger partial charge in [-0.3, -0.25) is 0 Å². The molecule has 4 nitrogen and oxygen atoms in total. The molecule has 0 aliphatic heterocycles. The van der Waals surface area contributed by atoms with Crippen LogP contribution in [0.5, 0.6) is 0 Å². The van der Waals surface area contributed by atoms with Gasteiger partial charge in [-0.15, -0.1) is 0 Å². The molecule has 0 aliphatic carbocycles. The molecule has 0 saturated carbocycles. The van der Waals surface area contributed by atoms with Crippen molar-refractivity contribution in [1.29, 1.82) is 0 Å². The molecule has 0 aliphatic rings. The lowest BCUT2D eigenvalue weighted by Crippen LogP contribution is -1.92. The summed E-state index contributed by atoms with van der Waals surface area (Å²) >= 11 is 0. The van der Waals surface area contributed by atoms with Gasteiger partial charge in [0.05, 0.1) is 16.6 Å². The van der Waals surface area contributed by atoms with Gasteiger partial charge in [-0.2, -0.15) is 0 Å². The van der Waals surface area contributed by atoms with E-state index in [0.717, 1.165) is 28.2 Å². The van der Waals surface area contributed by atoms with E-state index < -0.39 is 0 Å². The number of fused-ring (bicyclic) bond motifs is 4. The molecule has 4 heteroatoms. The van der Waals surface area contributed by atoms with Gasteiger partial charge in [0.25, 0.3) is 0 Å². The van der Waals surface area contributed by atoms with E-state index in [1.807, 2.05) is 18.2 Å². The maximum atomic E-state index is 4.66. The number of rotatable bonds is 2. The summed E-state index contributed by atoms with van der Waals surface area (Å²) in [6, 6.07) is 29.5. The molecule has 3 heterocycles. The smallest absolute Gasteiger partial charge is 0.178 e. The first-order valence-corrected chi connectivity index (χ1v) is 9.28. The maximum absolute atomic E-state index is 4.66. The Balaban J connectivity index is 1.65. The fraction of sp³-hybridized carbons (Fsp3) is 0. The Morgan fingerprint density at radius 3 is 2.43 bits per heavy atom. The molecule has 3 aromatic heterocycles. The summed E-state index contributed by atoms with van der Waals surface area (Å²) in [5.41, 5.74) is 6.29. The van der Waals surface area contributed by atoms with E-state index in [1.165, 1.54) is 21.8 Å². The number of hydrogen-bond donors (Lipinski definition) is 1. The van der Waals surface area contributed by atoms with Crippen molar-refractivity contribution in [1.82, 2.24) is 19.5 Å². The molecule has 6 rings (SSSR count). The van der Waals surface area contributed by atoms with Crippen LogP contribution in [0.3, 0.4) is 0 Å². The van der Waals surface area contributed by atoms with Crippen molar-refractivity contribution in [2.75, 3.05) is 0 Å². The number of H-pyrrole nitrogens is 1. The van der Waals surface area contributed by atoms with Crippen LogP contribution in [0, 0.1) is 0 Å². The monoisotopic (exact) mass is 360 g/mol. The number of para-hydroxylation sites is 2. The average molecular weight is 360 g/mol. The highest BCUT2D eigenvalue weighted by Gasteiger charge is 2.14. The van der Waals surface area contributed by atoms with Crippen LogP contribution in [-0.4, -0.2) is 19.5 Å². The van der Waals surface area contributed by atoms with E-state index in [-0.39, 0.29) is 0 Å². The number of aromatic nitrogens is 4. The van der Waals surface area contributed by atoms with Crippen LogP contribution in [-0.2, 0) is 0 Å². The van der Waals surface area contributed by atoms with E-state index in [4.69, 9.17) is 0 Å². The zero-order valence-corrected chi connectivity index (χ0v) is 15.0.